The van der Waals surface area contributed by atoms with E-state index in [2.05, 4.69) is 5.32 Å². The zero-order chi connectivity index (χ0) is 14.4. The number of benzene rings is 1. The Morgan fingerprint density at radius 1 is 1.32 bits per heavy atom. The molecule has 0 heterocycles. The maximum absolute atomic E-state index is 13.2. The van der Waals surface area contributed by atoms with Gasteiger partial charge in [-0.2, -0.15) is 0 Å². The summed E-state index contributed by atoms with van der Waals surface area (Å²) < 4.78 is 17.9. The van der Waals surface area contributed by atoms with Crippen LogP contribution in [0.3, 0.4) is 0 Å². The fourth-order valence-electron chi connectivity index (χ4n) is 1.30. The minimum atomic E-state index is -0.735. The van der Waals surface area contributed by atoms with Crippen molar-refractivity contribution in [2.24, 2.45) is 0 Å². The minimum Gasteiger partial charge on any atom is -0.466 e. The number of amides is 1. The Morgan fingerprint density at radius 3 is 2.63 bits per heavy atom. The van der Waals surface area contributed by atoms with Gasteiger partial charge in [0.05, 0.1) is 28.6 Å². The maximum Gasteiger partial charge on any atom is 0.307 e. The number of hydrogen-bond donors (Lipinski definition) is 1. The molecule has 0 saturated carbocycles. The van der Waals surface area contributed by atoms with Crippen LogP contribution < -0.4 is 5.32 Å². The first-order valence-electron chi connectivity index (χ1n) is 5.54. The van der Waals surface area contributed by atoms with Crippen molar-refractivity contribution in [3.05, 3.63) is 33.6 Å². The molecule has 0 aliphatic heterocycles. The topological polar surface area (TPSA) is 55.4 Å². The van der Waals surface area contributed by atoms with Crippen molar-refractivity contribution in [2.45, 2.75) is 13.3 Å². The molecule has 0 saturated heterocycles. The highest BCUT2D eigenvalue weighted by Gasteiger charge is 2.14. The number of nitrogens with one attached hydrogen (secondary N) is 1. The molecule has 7 heteroatoms. The van der Waals surface area contributed by atoms with Crippen LogP contribution in [0.25, 0.3) is 0 Å². The van der Waals surface area contributed by atoms with Gasteiger partial charge < -0.3 is 10.1 Å². The van der Waals surface area contributed by atoms with E-state index in [1.165, 1.54) is 0 Å². The van der Waals surface area contributed by atoms with E-state index in [1.807, 2.05) is 0 Å². The number of rotatable bonds is 5. The average molecular weight is 308 g/mol. The molecule has 0 spiro atoms. The van der Waals surface area contributed by atoms with Crippen LogP contribution in [0.1, 0.15) is 23.7 Å². The third-order valence-electron chi connectivity index (χ3n) is 2.17. The summed E-state index contributed by atoms with van der Waals surface area (Å²) in [5.74, 6) is -1.73. The van der Waals surface area contributed by atoms with Gasteiger partial charge in [0.15, 0.2) is 0 Å². The normalized spacial score (nSPS) is 10.1. The molecule has 0 aliphatic rings. The van der Waals surface area contributed by atoms with Crippen LogP contribution in [0.5, 0.6) is 0 Å². The van der Waals surface area contributed by atoms with Gasteiger partial charge in [-0.3, -0.25) is 9.59 Å². The molecule has 104 valence electrons. The molecular formula is C12H12Cl2FNO3. The molecule has 1 aromatic carbocycles. The number of halogens is 3. The van der Waals surface area contributed by atoms with Crippen LogP contribution in [0, 0.1) is 5.82 Å². The van der Waals surface area contributed by atoms with Gasteiger partial charge in [-0.05, 0) is 19.1 Å². The molecule has 0 bridgehead atoms. The number of hydrogen-bond acceptors (Lipinski definition) is 3. The molecular weight excluding hydrogens is 296 g/mol. The van der Waals surface area contributed by atoms with E-state index in [1.54, 1.807) is 6.92 Å². The molecule has 1 N–H and O–H groups in total. The van der Waals surface area contributed by atoms with E-state index >= 15 is 0 Å². The lowest BCUT2D eigenvalue weighted by Gasteiger charge is -2.07. The Hall–Kier alpha value is -1.33. The molecule has 0 fully saturated rings. The Kier molecular flexibility index (Phi) is 6.05. The van der Waals surface area contributed by atoms with Crippen LogP contribution in [-0.4, -0.2) is 25.0 Å². The molecule has 0 unspecified atom stereocenters. The second-order valence-electron chi connectivity index (χ2n) is 3.56. The maximum atomic E-state index is 13.2. The van der Waals surface area contributed by atoms with Crippen molar-refractivity contribution in [2.75, 3.05) is 13.2 Å². The molecule has 4 nitrogen and oxygen atoms in total. The average Bonchev–Trinajstić information content (AvgIpc) is 2.34. The lowest BCUT2D eigenvalue weighted by atomic mass is 10.2. The van der Waals surface area contributed by atoms with Crippen LogP contribution in [0.2, 0.25) is 10.0 Å². The SMILES string of the molecule is CCOC(=O)CCNC(=O)c1cc(F)c(Cl)cc1Cl. The highest BCUT2D eigenvalue weighted by Crippen LogP contribution is 2.24. The largest absolute Gasteiger partial charge is 0.466 e. The van der Waals surface area contributed by atoms with Gasteiger partial charge in [-0.1, -0.05) is 23.2 Å². The Morgan fingerprint density at radius 2 is 2.00 bits per heavy atom. The summed E-state index contributed by atoms with van der Waals surface area (Å²) in [5.41, 5.74) is -0.0348. The number of esters is 1. The van der Waals surface area contributed by atoms with Crippen molar-refractivity contribution < 1.29 is 18.7 Å². The van der Waals surface area contributed by atoms with Gasteiger partial charge in [0.25, 0.3) is 5.91 Å². The van der Waals surface area contributed by atoms with E-state index in [0.29, 0.717) is 0 Å². The van der Waals surface area contributed by atoms with E-state index in [0.717, 1.165) is 12.1 Å². The Bertz CT molecular complexity index is 494. The third-order valence-corrected chi connectivity index (χ3v) is 2.78. The quantitative estimate of drug-likeness (QED) is 0.672. The number of carbonyl (C=O) groups is 2. The molecule has 1 amide bonds. The molecule has 1 rings (SSSR count). The highest BCUT2D eigenvalue weighted by atomic mass is 35.5. The smallest absolute Gasteiger partial charge is 0.307 e. The van der Waals surface area contributed by atoms with Crippen LogP contribution in [0.15, 0.2) is 12.1 Å². The van der Waals surface area contributed by atoms with E-state index in [9.17, 15) is 14.0 Å². The molecule has 1 aromatic rings. The van der Waals surface area contributed by atoms with Gasteiger partial charge in [-0.15, -0.1) is 0 Å². The highest BCUT2D eigenvalue weighted by molar-refractivity contribution is 6.36. The van der Waals surface area contributed by atoms with Crippen molar-refractivity contribution in [1.29, 1.82) is 0 Å². The monoisotopic (exact) mass is 307 g/mol. The summed E-state index contributed by atoms with van der Waals surface area (Å²) in [6.07, 6.45) is 0.0350. The molecule has 0 aromatic heterocycles. The van der Waals surface area contributed by atoms with Crippen molar-refractivity contribution in [1.82, 2.24) is 5.32 Å². The lowest BCUT2D eigenvalue weighted by molar-refractivity contribution is -0.142. The zero-order valence-corrected chi connectivity index (χ0v) is 11.6. The van der Waals surface area contributed by atoms with E-state index in [4.69, 9.17) is 27.9 Å². The van der Waals surface area contributed by atoms with Crippen LogP contribution in [-0.2, 0) is 9.53 Å². The minimum absolute atomic E-state index is 0.0348. The summed E-state index contributed by atoms with van der Waals surface area (Å²) in [5, 5.41) is 2.32. The van der Waals surface area contributed by atoms with Crippen LogP contribution >= 0.6 is 23.2 Å². The second-order valence-corrected chi connectivity index (χ2v) is 4.37. The molecule has 0 aliphatic carbocycles. The first kappa shape index (κ1) is 15.7. The zero-order valence-electron chi connectivity index (χ0n) is 10.1. The lowest BCUT2D eigenvalue weighted by Crippen LogP contribution is -2.27. The fourth-order valence-corrected chi connectivity index (χ4v) is 1.77. The Labute approximate surface area is 119 Å². The predicted molar refractivity (Wildman–Crippen MR) is 70.0 cm³/mol. The summed E-state index contributed by atoms with van der Waals surface area (Å²) in [4.78, 5) is 22.8. The fraction of sp³-hybridized carbons (Fsp3) is 0.333. The summed E-state index contributed by atoms with van der Waals surface area (Å²) in [6.45, 7) is 2.05. The van der Waals surface area contributed by atoms with E-state index < -0.39 is 17.7 Å². The van der Waals surface area contributed by atoms with E-state index in [-0.39, 0.29) is 35.2 Å². The molecule has 0 radical (unpaired) electrons. The number of carbonyl (C=O) groups excluding carboxylic acids is 2. The van der Waals surface area contributed by atoms with Crippen molar-refractivity contribution in [3.63, 3.8) is 0 Å². The molecule has 19 heavy (non-hydrogen) atoms. The van der Waals surface area contributed by atoms with Gasteiger partial charge in [-0.25, -0.2) is 4.39 Å². The predicted octanol–water partition coefficient (Wildman–Crippen LogP) is 2.82. The first-order valence-corrected chi connectivity index (χ1v) is 6.29. The first-order chi connectivity index (χ1) is 8.95. The summed E-state index contributed by atoms with van der Waals surface area (Å²) in [7, 11) is 0. The van der Waals surface area contributed by atoms with Gasteiger partial charge in [0.1, 0.15) is 5.82 Å². The second kappa shape index (κ2) is 7.31. The van der Waals surface area contributed by atoms with Crippen molar-refractivity contribution in [3.8, 4) is 0 Å². The summed E-state index contributed by atoms with van der Waals surface area (Å²) >= 11 is 11.3. The number of ether oxygens (including phenoxy) is 1. The van der Waals surface area contributed by atoms with Gasteiger partial charge in [0, 0.05) is 6.54 Å². The van der Waals surface area contributed by atoms with Gasteiger partial charge >= 0.3 is 5.97 Å². The van der Waals surface area contributed by atoms with Gasteiger partial charge in [0.2, 0.25) is 0 Å². The molecule has 0 atom stereocenters. The third kappa shape index (κ3) is 4.69. The van der Waals surface area contributed by atoms with Crippen molar-refractivity contribution >= 4 is 35.1 Å². The standard InChI is InChI=1S/C12H12Cl2FNO3/c1-2-19-11(17)3-4-16-12(18)7-5-10(15)9(14)6-8(7)13/h5-6H,2-4H2,1H3,(H,16,18). The summed E-state index contributed by atoms with van der Waals surface area (Å²) in [6, 6.07) is 2.10. The Balaban J connectivity index is 2.59. The van der Waals surface area contributed by atoms with Crippen LogP contribution in [0.4, 0.5) is 4.39 Å².